The molecule has 1 atom stereocenters. The molecule has 7 heteroatoms. The summed E-state index contributed by atoms with van der Waals surface area (Å²) < 4.78 is 6.35. The molecule has 0 bridgehead atoms. The van der Waals surface area contributed by atoms with Crippen molar-refractivity contribution in [3.05, 3.63) is 51.9 Å². The van der Waals surface area contributed by atoms with Crippen LogP contribution in [0, 0.1) is 0 Å². The third kappa shape index (κ3) is 3.67. The second kappa shape index (κ2) is 7.44. The van der Waals surface area contributed by atoms with E-state index >= 15 is 0 Å². The van der Waals surface area contributed by atoms with E-state index in [1.165, 1.54) is 18.9 Å². The van der Waals surface area contributed by atoms with Crippen molar-refractivity contribution < 1.29 is 9.53 Å². The van der Waals surface area contributed by atoms with Gasteiger partial charge in [0.15, 0.2) is 5.16 Å². The predicted molar refractivity (Wildman–Crippen MR) is 95.8 cm³/mol. The van der Waals surface area contributed by atoms with Crippen molar-refractivity contribution in [2.45, 2.75) is 35.2 Å². The van der Waals surface area contributed by atoms with Gasteiger partial charge in [0.25, 0.3) is 5.56 Å². The maximum atomic E-state index is 12.9. The van der Waals surface area contributed by atoms with Crippen molar-refractivity contribution in [2.75, 3.05) is 12.9 Å². The summed E-state index contributed by atoms with van der Waals surface area (Å²) in [4.78, 5) is 29.8. The number of carbonyl (C=O) groups excluding carboxylic acids is 1. The van der Waals surface area contributed by atoms with Crippen molar-refractivity contribution in [3.8, 4) is 0 Å². The third-order valence-corrected chi connectivity index (χ3v) is 5.86. The summed E-state index contributed by atoms with van der Waals surface area (Å²) >= 11 is 2.83. The number of benzene rings is 1. The summed E-state index contributed by atoms with van der Waals surface area (Å²) in [6.45, 7) is 2.53. The normalized spacial score (nSPS) is 16.0. The predicted octanol–water partition coefficient (Wildman–Crippen LogP) is 2.59. The molecule has 24 heavy (non-hydrogen) atoms. The number of rotatable bonds is 5. The first kappa shape index (κ1) is 17.1. The van der Waals surface area contributed by atoms with E-state index in [9.17, 15) is 9.59 Å². The van der Waals surface area contributed by atoms with Crippen molar-refractivity contribution in [2.24, 2.45) is 0 Å². The van der Waals surface area contributed by atoms with E-state index in [0.717, 1.165) is 22.6 Å². The van der Waals surface area contributed by atoms with Gasteiger partial charge in [0.2, 0.25) is 0 Å². The van der Waals surface area contributed by atoms with Crippen LogP contribution in [-0.2, 0) is 22.5 Å². The summed E-state index contributed by atoms with van der Waals surface area (Å²) in [5.74, 6) is -0.192. The first-order valence-electron chi connectivity index (χ1n) is 7.62. The lowest BCUT2D eigenvalue weighted by atomic mass is 10.2. The van der Waals surface area contributed by atoms with E-state index in [-0.39, 0.29) is 17.3 Å². The number of thioether (sulfide) groups is 2. The highest BCUT2D eigenvalue weighted by Gasteiger charge is 2.26. The van der Waals surface area contributed by atoms with Gasteiger partial charge in [0.1, 0.15) is 0 Å². The maximum Gasteiger partial charge on any atom is 0.316 e. The zero-order valence-electron chi connectivity index (χ0n) is 13.5. The molecule has 1 aromatic carbocycles. The molecule has 0 aliphatic carbocycles. The summed E-state index contributed by atoms with van der Waals surface area (Å²) in [6, 6.07) is 9.78. The molecule has 0 saturated heterocycles. The Bertz CT molecular complexity index is 805. The van der Waals surface area contributed by atoms with Gasteiger partial charge >= 0.3 is 5.97 Å². The summed E-state index contributed by atoms with van der Waals surface area (Å²) in [7, 11) is 1.36. The SMILES string of the molecule is COC(=O)CSc1nc2c(c(=O)n1Cc1ccccc1)SC(C)C2. The van der Waals surface area contributed by atoms with Gasteiger partial charge in [-0.1, -0.05) is 49.0 Å². The van der Waals surface area contributed by atoms with Crippen LogP contribution in [0.4, 0.5) is 0 Å². The van der Waals surface area contributed by atoms with Gasteiger partial charge in [-0.05, 0) is 5.56 Å². The Morgan fingerprint density at radius 2 is 2.17 bits per heavy atom. The first-order valence-corrected chi connectivity index (χ1v) is 9.49. The van der Waals surface area contributed by atoms with E-state index in [0.29, 0.717) is 17.0 Å². The lowest BCUT2D eigenvalue weighted by Crippen LogP contribution is -2.26. The van der Waals surface area contributed by atoms with Gasteiger partial charge in [0.05, 0.1) is 30.0 Å². The van der Waals surface area contributed by atoms with E-state index in [1.54, 1.807) is 16.3 Å². The Labute approximate surface area is 148 Å². The van der Waals surface area contributed by atoms with Gasteiger partial charge in [0, 0.05) is 11.7 Å². The fourth-order valence-corrected chi connectivity index (χ4v) is 4.49. The highest BCUT2D eigenvalue weighted by atomic mass is 32.2. The van der Waals surface area contributed by atoms with Crippen LogP contribution in [-0.4, -0.2) is 33.6 Å². The number of ether oxygens (including phenoxy) is 1. The zero-order valence-corrected chi connectivity index (χ0v) is 15.2. The molecule has 1 aliphatic heterocycles. The number of methoxy groups -OCH3 is 1. The van der Waals surface area contributed by atoms with E-state index in [4.69, 9.17) is 4.74 Å². The highest BCUT2D eigenvalue weighted by molar-refractivity contribution is 8.00. The Balaban J connectivity index is 1.99. The van der Waals surface area contributed by atoms with Gasteiger partial charge in [-0.3, -0.25) is 14.2 Å². The number of nitrogens with zero attached hydrogens (tertiary/aromatic N) is 2. The van der Waals surface area contributed by atoms with Crippen LogP contribution >= 0.6 is 23.5 Å². The van der Waals surface area contributed by atoms with Gasteiger partial charge < -0.3 is 4.74 Å². The summed E-state index contributed by atoms with van der Waals surface area (Å²) in [5, 5.41) is 0.925. The lowest BCUT2D eigenvalue weighted by molar-refractivity contribution is -0.137. The van der Waals surface area contributed by atoms with Crippen LogP contribution in [0.5, 0.6) is 0 Å². The number of aromatic nitrogens is 2. The minimum atomic E-state index is -0.330. The Hall–Kier alpha value is -1.73. The first-order chi connectivity index (χ1) is 11.6. The molecule has 0 radical (unpaired) electrons. The van der Waals surface area contributed by atoms with E-state index in [2.05, 4.69) is 11.9 Å². The molecule has 0 N–H and O–H groups in total. The van der Waals surface area contributed by atoms with Crippen molar-refractivity contribution >= 4 is 29.5 Å². The number of hydrogen-bond acceptors (Lipinski definition) is 6. The van der Waals surface area contributed by atoms with Crippen molar-refractivity contribution in [1.82, 2.24) is 9.55 Å². The molecule has 2 aromatic rings. The lowest BCUT2D eigenvalue weighted by Gasteiger charge is -2.13. The van der Waals surface area contributed by atoms with Crippen LogP contribution in [0.25, 0.3) is 0 Å². The van der Waals surface area contributed by atoms with Gasteiger partial charge in [-0.15, -0.1) is 11.8 Å². The van der Waals surface area contributed by atoms with Crippen LogP contribution in [0.15, 0.2) is 45.2 Å². The minimum absolute atomic E-state index is 0.0226. The van der Waals surface area contributed by atoms with Crippen LogP contribution < -0.4 is 5.56 Å². The highest BCUT2D eigenvalue weighted by Crippen LogP contribution is 2.34. The van der Waals surface area contributed by atoms with Crippen LogP contribution in [0.1, 0.15) is 18.2 Å². The van der Waals surface area contributed by atoms with E-state index in [1.807, 2.05) is 30.3 Å². The fraction of sp³-hybridized carbons (Fsp3) is 0.353. The quantitative estimate of drug-likeness (QED) is 0.463. The van der Waals surface area contributed by atoms with Crippen molar-refractivity contribution in [1.29, 1.82) is 0 Å². The number of fused-ring (bicyclic) bond motifs is 1. The molecule has 0 fully saturated rings. The molecule has 5 nitrogen and oxygen atoms in total. The molecule has 126 valence electrons. The van der Waals surface area contributed by atoms with E-state index < -0.39 is 0 Å². The van der Waals surface area contributed by atoms with Gasteiger partial charge in [-0.25, -0.2) is 4.98 Å². The van der Waals surface area contributed by atoms with Gasteiger partial charge in [-0.2, -0.15) is 0 Å². The monoisotopic (exact) mass is 362 g/mol. The molecular formula is C17H18N2O3S2. The molecule has 0 spiro atoms. The third-order valence-electron chi connectivity index (χ3n) is 3.69. The average molecular weight is 362 g/mol. The number of hydrogen-bond donors (Lipinski definition) is 0. The smallest absolute Gasteiger partial charge is 0.316 e. The summed E-state index contributed by atoms with van der Waals surface area (Å²) in [6.07, 6.45) is 0.785. The fourth-order valence-electron chi connectivity index (χ4n) is 2.53. The van der Waals surface area contributed by atoms with Crippen LogP contribution in [0.2, 0.25) is 0 Å². The molecule has 0 amide bonds. The van der Waals surface area contributed by atoms with Crippen molar-refractivity contribution in [3.63, 3.8) is 0 Å². The number of esters is 1. The van der Waals surface area contributed by atoms with Crippen LogP contribution in [0.3, 0.4) is 0 Å². The molecule has 1 aliphatic rings. The molecule has 1 unspecified atom stereocenters. The topological polar surface area (TPSA) is 61.2 Å². The number of carbonyl (C=O) groups is 1. The Morgan fingerprint density at radius 3 is 2.88 bits per heavy atom. The molecule has 1 aromatic heterocycles. The largest absolute Gasteiger partial charge is 0.468 e. The molecule has 0 saturated carbocycles. The second-order valence-electron chi connectivity index (χ2n) is 5.54. The second-order valence-corrected chi connectivity index (χ2v) is 7.94. The zero-order chi connectivity index (χ0) is 17.1. The molecule has 2 heterocycles. The minimum Gasteiger partial charge on any atom is -0.468 e. The average Bonchev–Trinajstić information content (AvgIpc) is 2.97. The molecular weight excluding hydrogens is 344 g/mol. The maximum absolute atomic E-state index is 12.9. The Kier molecular flexibility index (Phi) is 5.30. The standard InChI is InChI=1S/C17H18N2O3S2/c1-11-8-13-15(24-11)16(21)19(9-12-6-4-3-5-7-12)17(18-13)23-10-14(20)22-2/h3-7,11H,8-10H2,1-2H3. The molecule has 3 rings (SSSR count). The summed E-state index contributed by atoms with van der Waals surface area (Å²) in [5.41, 5.74) is 1.84. The Morgan fingerprint density at radius 1 is 1.42 bits per heavy atom.